The highest BCUT2D eigenvalue weighted by Gasteiger charge is 2.13. The lowest BCUT2D eigenvalue weighted by molar-refractivity contribution is 0.0343. The van der Waals surface area contributed by atoms with E-state index in [1.807, 2.05) is 0 Å². The van der Waals surface area contributed by atoms with Gasteiger partial charge >= 0.3 is 0 Å². The number of para-hydroxylation sites is 2. The molecule has 3 aromatic rings. The van der Waals surface area contributed by atoms with Crippen LogP contribution in [-0.4, -0.2) is 36.2 Å². The van der Waals surface area contributed by atoms with Gasteiger partial charge < -0.3 is 9.72 Å². The molecule has 1 N–H and O–H groups in total. The van der Waals surface area contributed by atoms with Crippen molar-refractivity contribution in [3.8, 4) is 0 Å². The normalized spacial score (nSPS) is 17.0. The maximum Gasteiger partial charge on any atom is 0.0594 e. The van der Waals surface area contributed by atoms with Gasteiger partial charge in [0.15, 0.2) is 0 Å². The minimum Gasteiger partial charge on any atom is -0.379 e. The highest BCUT2D eigenvalue weighted by molar-refractivity contribution is 6.08. The topological polar surface area (TPSA) is 28.3 Å². The van der Waals surface area contributed by atoms with E-state index in [0.717, 1.165) is 32.8 Å². The first-order chi connectivity index (χ1) is 9.92. The maximum atomic E-state index is 5.42. The van der Waals surface area contributed by atoms with Crippen molar-refractivity contribution in [3.63, 3.8) is 0 Å². The molecule has 0 unspecified atom stereocenters. The summed E-state index contributed by atoms with van der Waals surface area (Å²) < 4.78 is 5.42. The molecule has 0 bridgehead atoms. The summed E-state index contributed by atoms with van der Waals surface area (Å²) in [5.74, 6) is 0. The first-order valence-electron chi connectivity index (χ1n) is 7.20. The molecule has 0 amide bonds. The quantitative estimate of drug-likeness (QED) is 0.771. The van der Waals surface area contributed by atoms with Crippen LogP contribution in [0, 0.1) is 0 Å². The molecule has 0 spiro atoms. The second-order valence-electron chi connectivity index (χ2n) is 5.40. The van der Waals surface area contributed by atoms with Crippen LogP contribution in [0.5, 0.6) is 0 Å². The van der Waals surface area contributed by atoms with Gasteiger partial charge in [0.05, 0.1) is 18.7 Å². The predicted molar refractivity (Wildman–Crippen MR) is 81.9 cm³/mol. The average Bonchev–Trinajstić information content (AvgIpc) is 2.88. The zero-order valence-corrected chi connectivity index (χ0v) is 11.4. The fourth-order valence-corrected chi connectivity index (χ4v) is 3.07. The molecular formula is C17H18N2O. The standard InChI is InChI=1S/C17H18N2O/c1-2-7-16-14(5-1)15-6-3-4-13(17(15)18-16)12-19-8-10-20-11-9-19/h1-7,18H,8-12H2. The molecule has 2 aromatic carbocycles. The number of H-pyrrole nitrogens is 1. The maximum absolute atomic E-state index is 5.42. The monoisotopic (exact) mass is 266 g/mol. The van der Waals surface area contributed by atoms with Crippen LogP contribution in [0.4, 0.5) is 0 Å². The van der Waals surface area contributed by atoms with E-state index in [1.165, 1.54) is 27.4 Å². The number of nitrogens with zero attached hydrogens (tertiary/aromatic N) is 1. The third kappa shape index (κ3) is 1.99. The van der Waals surface area contributed by atoms with Crippen LogP contribution in [0.1, 0.15) is 5.56 Å². The first-order valence-corrected chi connectivity index (χ1v) is 7.20. The highest BCUT2D eigenvalue weighted by atomic mass is 16.5. The third-order valence-corrected chi connectivity index (χ3v) is 4.13. The number of hydrogen-bond donors (Lipinski definition) is 1. The zero-order valence-electron chi connectivity index (χ0n) is 11.4. The van der Waals surface area contributed by atoms with Crippen LogP contribution < -0.4 is 0 Å². The third-order valence-electron chi connectivity index (χ3n) is 4.13. The number of morpholine rings is 1. The lowest BCUT2D eigenvalue weighted by Crippen LogP contribution is -2.35. The van der Waals surface area contributed by atoms with Gasteiger partial charge in [-0.1, -0.05) is 36.4 Å². The Bertz CT molecular complexity index is 741. The predicted octanol–water partition coefficient (Wildman–Crippen LogP) is 3.15. The van der Waals surface area contributed by atoms with Crippen LogP contribution >= 0.6 is 0 Å². The van der Waals surface area contributed by atoms with Crippen LogP contribution in [0.2, 0.25) is 0 Å². The van der Waals surface area contributed by atoms with Crippen molar-refractivity contribution in [2.24, 2.45) is 0 Å². The number of aromatic nitrogens is 1. The Balaban J connectivity index is 1.78. The molecule has 1 aliphatic heterocycles. The SMILES string of the molecule is c1ccc2c(c1)[nH]c1c(CN3CCOCC3)cccc12. The highest BCUT2D eigenvalue weighted by Crippen LogP contribution is 2.28. The van der Waals surface area contributed by atoms with E-state index in [9.17, 15) is 0 Å². The van der Waals surface area contributed by atoms with E-state index in [4.69, 9.17) is 4.74 Å². The summed E-state index contributed by atoms with van der Waals surface area (Å²) in [4.78, 5) is 6.04. The van der Waals surface area contributed by atoms with E-state index in [-0.39, 0.29) is 0 Å². The second kappa shape index (κ2) is 4.93. The summed E-state index contributed by atoms with van der Waals surface area (Å²) in [6.07, 6.45) is 0. The molecule has 1 aliphatic rings. The van der Waals surface area contributed by atoms with Crippen molar-refractivity contribution >= 4 is 21.8 Å². The van der Waals surface area contributed by atoms with E-state index < -0.39 is 0 Å². The molecular weight excluding hydrogens is 248 g/mol. The number of nitrogens with one attached hydrogen (secondary N) is 1. The molecule has 3 nitrogen and oxygen atoms in total. The summed E-state index contributed by atoms with van der Waals surface area (Å²) in [6, 6.07) is 15.1. The summed E-state index contributed by atoms with van der Waals surface area (Å²) in [5.41, 5.74) is 3.87. The van der Waals surface area contributed by atoms with Gasteiger partial charge in [-0.05, 0) is 11.6 Å². The molecule has 0 atom stereocenters. The summed E-state index contributed by atoms with van der Waals surface area (Å²) in [7, 11) is 0. The van der Waals surface area contributed by atoms with Gasteiger partial charge in [0.1, 0.15) is 0 Å². The molecule has 1 aromatic heterocycles. The van der Waals surface area contributed by atoms with Gasteiger partial charge in [-0.15, -0.1) is 0 Å². The van der Waals surface area contributed by atoms with Crippen molar-refractivity contribution < 1.29 is 4.74 Å². The van der Waals surface area contributed by atoms with Crippen molar-refractivity contribution in [1.82, 2.24) is 9.88 Å². The van der Waals surface area contributed by atoms with Gasteiger partial charge in [-0.2, -0.15) is 0 Å². The molecule has 1 saturated heterocycles. The average molecular weight is 266 g/mol. The smallest absolute Gasteiger partial charge is 0.0594 e. The molecule has 2 heterocycles. The first kappa shape index (κ1) is 11.9. The van der Waals surface area contributed by atoms with E-state index in [2.05, 4.69) is 52.3 Å². The second-order valence-corrected chi connectivity index (χ2v) is 5.40. The summed E-state index contributed by atoms with van der Waals surface area (Å²) >= 11 is 0. The van der Waals surface area contributed by atoms with Crippen molar-refractivity contribution in [2.45, 2.75) is 6.54 Å². The lowest BCUT2D eigenvalue weighted by atomic mass is 10.1. The Morgan fingerprint density at radius 2 is 1.75 bits per heavy atom. The van der Waals surface area contributed by atoms with Crippen LogP contribution in [0.15, 0.2) is 42.5 Å². The Morgan fingerprint density at radius 1 is 0.950 bits per heavy atom. The van der Waals surface area contributed by atoms with Gasteiger partial charge in [-0.3, -0.25) is 4.90 Å². The fraction of sp³-hybridized carbons (Fsp3) is 0.294. The molecule has 3 heteroatoms. The van der Waals surface area contributed by atoms with Gasteiger partial charge in [0.2, 0.25) is 0 Å². The lowest BCUT2D eigenvalue weighted by Gasteiger charge is -2.26. The van der Waals surface area contributed by atoms with Gasteiger partial charge in [0.25, 0.3) is 0 Å². The molecule has 0 radical (unpaired) electrons. The number of hydrogen-bond acceptors (Lipinski definition) is 2. The van der Waals surface area contributed by atoms with E-state index in [0.29, 0.717) is 0 Å². The number of aromatic amines is 1. The Labute approximate surface area is 118 Å². The fourth-order valence-electron chi connectivity index (χ4n) is 3.07. The van der Waals surface area contributed by atoms with Crippen molar-refractivity contribution in [3.05, 3.63) is 48.0 Å². The Kier molecular flexibility index (Phi) is 2.94. The Hall–Kier alpha value is -1.84. The van der Waals surface area contributed by atoms with Crippen molar-refractivity contribution in [2.75, 3.05) is 26.3 Å². The van der Waals surface area contributed by atoms with Crippen LogP contribution in [0.3, 0.4) is 0 Å². The summed E-state index contributed by atoms with van der Waals surface area (Å²) in [5, 5.41) is 2.64. The van der Waals surface area contributed by atoms with E-state index in [1.54, 1.807) is 0 Å². The molecule has 4 rings (SSSR count). The number of benzene rings is 2. The van der Waals surface area contributed by atoms with Crippen LogP contribution in [-0.2, 0) is 11.3 Å². The minimum absolute atomic E-state index is 0.850. The Morgan fingerprint density at radius 3 is 2.65 bits per heavy atom. The molecule has 0 saturated carbocycles. The van der Waals surface area contributed by atoms with Crippen molar-refractivity contribution in [1.29, 1.82) is 0 Å². The number of fused-ring (bicyclic) bond motifs is 3. The number of ether oxygens (including phenoxy) is 1. The molecule has 0 aliphatic carbocycles. The minimum atomic E-state index is 0.850. The molecule has 20 heavy (non-hydrogen) atoms. The zero-order chi connectivity index (χ0) is 13.4. The molecule has 102 valence electrons. The largest absolute Gasteiger partial charge is 0.379 e. The van der Waals surface area contributed by atoms with Gasteiger partial charge in [-0.25, -0.2) is 0 Å². The van der Waals surface area contributed by atoms with E-state index >= 15 is 0 Å². The molecule has 1 fully saturated rings. The summed E-state index contributed by atoms with van der Waals surface area (Å²) in [6.45, 7) is 4.74. The van der Waals surface area contributed by atoms with Crippen LogP contribution in [0.25, 0.3) is 21.8 Å². The number of rotatable bonds is 2. The van der Waals surface area contributed by atoms with Gasteiger partial charge in [0, 0.05) is 35.9 Å².